The zero-order chi connectivity index (χ0) is 11.8. The molecule has 1 aliphatic rings. The molecule has 0 aliphatic carbocycles. The minimum absolute atomic E-state index is 0.484. The summed E-state index contributed by atoms with van der Waals surface area (Å²) in [5.41, 5.74) is 1.34. The lowest BCUT2D eigenvalue weighted by Crippen LogP contribution is -2.31. The van der Waals surface area contributed by atoms with E-state index in [-0.39, 0.29) is 0 Å². The molecule has 1 aliphatic heterocycles. The van der Waals surface area contributed by atoms with E-state index < -0.39 is 12.0 Å². The first kappa shape index (κ1) is 11.3. The molecule has 0 unspecified atom stereocenters. The Morgan fingerprint density at radius 1 is 1.44 bits per heavy atom. The molecule has 0 N–H and O–H groups in total. The van der Waals surface area contributed by atoms with Gasteiger partial charge in [-0.2, -0.15) is 13.2 Å². The second-order valence-electron chi connectivity index (χ2n) is 3.78. The minimum Gasteiger partial charge on any atom is -0.297 e. The molecule has 0 amide bonds. The molecule has 2 heterocycles. The van der Waals surface area contributed by atoms with Crippen molar-refractivity contribution in [3.63, 3.8) is 0 Å². The summed E-state index contributed by atoms with van der Waals surface area (Å²) in [6.45, 7) is 4.15. The van der Waals surface area contributed by atoms with Crippen LogP contribution in [-0.2, 0) is 19.1 Å². The number of likely N-dealkylation sites (N-methyl/N-ethyl adjacent to an activating group) is 1. The number of hydrogen-bond donors (Lipinski definition) is 0. The van der Waals surface area contributed by atoms with Gasteiger partial charge in [0.05, 0.1) is 5.69 Å². The summed E-state index contributed by atoms with van der Waals surface area (Å²) < 4.78 is 37.2. The van der Waals surface area contributed by atoms with Crippen LogP contribution in [0.3, 0.4) is 0 Å². The molecule has 2 rings (SSSR count). The first-order valence-electron chi connectivity index (χ1n) is 5.15. The highest BCUT2D eigenvalue weighted by molar-refractivity contribution is 5.21. The standard InChI is InChI=1S/C10H12F3N3/c1-2-16-4-3-7-5-14-9(10(11,12)13)15-8(7)6-16/h5H,2-4,6H2,1H3. The zero-order valence-electron chi connectivity index (χ0n) is 8.88. The van der Waals surface area contributed by atoms with Crippen LogP contribution in [-0.4, -0.2) is 28.0 Å². The van der Waals surface area contributed by atoms with Crippen LogP contribution in [0, 0.1) is 0 Å². The summed E-state index contributed by atoms with van der Waals surface area (Å²) in [7, 11) is 0. The molecule has 0 atom stereocenters. The number of rotatable bonds is 1. The molecule has 0 saturated heterocycles. The molecule has 0 aromatic carbocycles. The van der Waals surface area contributed by atoms with Gasteiger partial charge in [0.1, 0.15) is 0 Å². The van der Waals surface area contributed by atoms with Gasteiger partial charge in [-0.1, -0.05) is 6.92 Å². The number of hydrogen-bond acceptors (Lipinski definition) is 3. The van der Waals surface area contributed by atoms with Crippen LogP contribution in [0.4, 0.5) is 13.2 Å². The average molecular weight is 231 g/mol. The van der Waals surface area contributed by atoms with Gasteiger partial charge in [-0.15, -0.1) is 0 Å². The van der Waals surface area contributed by atoms with Crippen molar-refractivity contribution in [1.82, 2.24) is 14.9 Å². The van der Waals surface area contributed by atoms with Crippen LogP contribution in [0.15, 0.2) is 6.20 Å². The van der Waals surface area contributed by atoms with E-state index in [0.29, 0.717) is 12.2 Å². The van der Waals surface area contributed by atoms with Gasteiger partial charge in [0.15, 0.2) is 0 Å². The van der Waals surface area contributed by atoms with Gasteiger partial charge in [0, 0.05) is 19.3 Å². The molecular weight excluding hydrogens is 219 g/mol. The Balaban J connectivity index is 2.31. The lowest BCUT2D eigenvalue weighted by Gasteiger charge is -2.26. The highest BCUT2D eigenvalue weighted by Crippen LogP contribution is 2.27. The molecule has 0 radical (unpaired) electrons. The fraction of sp³-hybridized carbons (Fsp3) is 0.600. The molecular formula is C10H12F3N3. The Morgan fingerprint density at radius 3 is 2.81 bits per heavy atom. The lowest BCUT2D eigenvalue weighted by molar-refractivity contribution is -0.145. The van der Waals surface area contributed by atoms with E-state index in [1.165, 1.54) is 6.20 Å². The number of aromatic nitrogens is 2. The maximum Gasteiger partial charge on any atom is 0.451 e. The maximum absolute atomic E-state index is 12.4. The average Bonchev–Trinajstić information content (AvgIpc) is 2.26. The number of alkyl halides is 3. The largest absolute Gasteiger partial charge is 0.451 e. The maximum atomic E-state index is 12.4. The van der Waals surface area contributed by atoms with Crippen LogP contribution in [0.25, 0.3) is 0 Å². The molecule has 0 saturated carbocycles. The molecule has 0 spiro atoms. The Morgan fingerprint density at radius 2 is 2.19 bits per heavy atom. The van der Waals surface area contributed by atoms with Crippen LogP contribution < -0.4 is 0 Å². The zero-order valence-corrected chi connectivity index (χ0v) is 8.88. The van der Waals surface area contributed by atoms with E-state index in [9.17, 15) is 13.2 Å². The van der Waals surface area contributed by atoms with Gasteiger partial charge in [-0.25, -0.2) is 9.97 Å². The molecule has 0 bridgehead atoms. The minimum atomic E-state index is -4.45. The van der Waals surface area contributed by atoms with Crippen molar-refractivity contribution in [1.29, 1.82) is 0 Å². The van der Waals surface area contributed by atoms with Gasteiger partial charge >= 0.3 is 6.18 Å². The number of fused-ring (bicyclic) bond motifs is 1. The van der Waals surface area contributed by atoms with E-state index in [1.54, 1.807) is 0 Å². The van der Waals surface area contributed by atoms with E-state index in [4.69, 9.17) is 0 Å². The number of halogens is 3. The van der Waals surface area contributed by atoms with Gasteiger partial charge in [-0.05, 0) is 18.5 Å². The quantitative estimate of drug-likeness (QED) is 0.738. The highest BCUT2D eigenvalue weighted by Gasteiger charge is 2.35. The molecule has 6 heteroatoms. The van der Waals surface area contributed by atoms with Crippen LogP contribution in [0.1, 0.15) is 24.0 Å². The van der Waals surface area contributed by atoms with Crippen molar-refractivity contribution < 1.29 is 13.2 Å². The van der Waals surface area contributed by atoms with Crippen molar-refractivity contribution in [2.45, 2.75) is 26.1 Å². The Kier molecular flexibility index (Phi) is 2.84. The Hall–Kier alpha value is -1.17. The van der Waals surface area contributed by atoms with Crippen molar-refractivity contribution in [2.24, 2.45) is 0 Å². The third-order valence-electron chi connectivity index (χ3n) is 2.73. The van der Waals surface area contributed by atoms with E-state index in [0.717, 1.165) is 25.1 Å². The fourth-order valence-corrected chi connectivity index (χ4v) is 1.76. The van der Waals surface area contributed by atoms with Crippen LogP contribution >= 0.6 is 0 Å². The van der Waals surface area contributed by atoms with Gasteiger partial charge in [0.2, 0.25) is 5.82 Å². The summed E-state index contributed by atoms with van der Waals surface area (Å²) in [5, 5.41) is 0. The monoisotopic (exact) mass is 231 g/mol. The molecule has 1 aromatic rings. The highest BCUT2D eigenvalue weighted by atomic mass is 19.4. The first-order valence-corrected chi connectivity index (χ1v) is 5.15. The third-order valence-corrected chi connectivity index (χ3v) is 2.73. The Bertz CT molecular complexity index is 389. The number of nitrogens with zero attached hydrogens (tertiary/aromatic N) is 3. The summed E-state index contributed by atoms with van der Waals surface area (Å²) in [6.07, 6.45) is -2.43. The molecule has 88 valence electrons. The second-order valence-corrected chi connectivity index (χ2v) is 3.78. The fourth-order valence-electron chi connectivity index (χ4n) is 1.76. The summed E-state index contributed by atoms with van der Waals surface area (Å²) >= 11 is 0. The molecule has 0 fully saturated rings. The smallest absolute Gasteiger partial charge is 0.297 e. The van der Waals surface area contributed by atoms with Crippen LogP contribution in [0.2, 0.25) is 0 Å². The third kappa shape index (κ3) is 2.16. The van der Waals surface area contributed by atoms with Crippen LogP contribution in [0.5, 0.6) is 0 Å². The van der Waals surface area contributed by atoms with Crippen molar-refractivity contribution >= 4 is 0 Å². The second kappa shape index (κ2) is 4.01. The summed E-state index contributed by atoms with van der Waals surface area (Å²) in [4.78, 5) is 9.03. The predicted octanol–water partition coefficient (Wildman–Crippen LogP) is 1.87. The van der Waals surface area contributed by atoms with Crippen molar-refractivity contribution in [3.8, 4) is 0 Å². The molecule has 1 aromatic heterocycles. The van der Waals surface area contributed by atoms with Gasteiger partial charge < -0.3 is 0 Å². The SMILES string of the molecule is CCN1CCc2cnc(C(F)(F)F)nc2C1. The van der Waals surface area contributed by atoms with E-state index in [2.05, 4.69) is 14.9 Å². The van der Waals surface area contributed by atoms with Gasteiger partial charge in [-0.3, -0.25) is 4.90 Å². The van der Waals surface area contributed by atoms with E-state index in [1.807, 2.05) is 6.92 Å². The van der Waals surface area contributed by atoms with Gasteiger partial charge in [0.25, 0.3) is 0 Å². The predicted molar refractivity (Wildman–Crippen MR) is 51.7 cm³/mol. The molecule has 16 heavy (non-hydrogen) atoms. The topological polar surface area (TPSA) is 29.0 Å². The summed E-state index contributed by atoms with van der Waals surface area (Å²) in [6, 6.07) is 0. The van der Waals surface area contributed by atoms with E-state index >= 15 is 0 Å². The Labute approximate surface area is 91.3 Å². The summed E-state index contributed by atoms with van der Waals surface area (Å²) in [5.74, 6) is -1.04. The van der Waals surface area contributed by atoms with Crippen molar-refractivity contribution in [3.05, 3.63) is 23.3 Å². The normalized spacial score (nSPS) is 17.2. The van der Waals surface area contributed by atoms with Crippen molar-refractivity contribution in [2.75, 3.05) is 13.1 Å². The molecule has 3 nitrogen and oxygen atoms in total. The first-order chi connectivity index (χ1) is 7.50. The lowest BCUT2D eigenvalue weighted by atomic mass is 10.1.